The molecule has 0 radical (unpaired) electrons. The molecule has 0 saturated heterocycles. The van der Waals surface area contributed by atoms with E-state index in [9.17, 15) is 0 Å². The summed E-state index contributed by atoms with van der Waals surface area (Å²) in [7, 11) is 0. The summed E-state index contributed by atoms with van der Waals surface area (Å²) in [4.78, 5) is 0. The van der Waals surface area contributed by atoms with Crippen LogP contribution in [0.2, 0.25) is 0 Å². The van der Waals surface area contributed by atoms with Crippen LogP contribution in [-0.4, -0.2) is 12.6 Å². The molecule has 1 atom stereocenters. The van der Waals surface area contributed by atoms with Crippen LogP contribution < -0.4 is 15.2 Å². The minimum Gasteiger partial charge on any atom is -0.493 e. The van der Waals surface area contributed by atoms with Gasteiger partial charge >= 0.3 is 0 Å². The van der Waals surface area contributed by atoms with Crippen molar-refractivity contribution in [2.24, 2.45) is 5.92 Å². The standard InChI is InChI=1S/C23H30N2O.C2H6/c1-16(2)15-26-21-9-6-19(7-10-21)20-8-11-22(17(3)4)23(14-20)25-13-12-18(5)24-25;1-2/h6-14,16-18,24H,15H2,1-5H3;1-2H3. The van der Waals surface area contributed by atoms with Gasteiger partial charge in [0.05, 0.1) is 12.3 Å². The molecule has 1 aliphatic rings. The maximum absolute atomic E-state index is 5.80. The predicted molar refractivity (Wildman–Crippen MR) is 122 cm³/mol. The van der Waals surface area contributed by atoms with Crippen LogP contribution in [0, 0.1) is 5.92 Å². The summed E-state index contributed by atoms with van der Waals surface area (Å²) in [5.41, 5.74) is 8.47. The van der Waals surface area contributed by atoms with Crippen molar-refractivity contribution >= 4 is 5.69 Å². The lowest BCUT2D eigenvalue weighted by molar-refractivity contribution is 0.271. The van der Waals surface area contributed by atoms with Gasteiger partial charge in [-0.15, -0.1) is 0 Å². The predicted octanol–water partition coefficient (Wildman–Crippen LogP) is 6.76. The highest BCUT2D eigenvalue weighted by Crippen LogP contribution is 2.33. The molecule has 1 N–H and O–H groups in total. The van der Waals surface area contributed by atoms with E-state index < -0.39 is 0 Å². The quantitative estimate of drug-likeness (QED) is 0.599. The van der Waals surface area contributed by atoms with Crippen molar-refractivity contribution in [3.05, 3.63) is 60.3 Å². The molecule has 2 aromatic carbocycles. The summed E-state index contributed by atoms with van der Waals surface area (Å²) in [6, 6.07) is 15.5. The Balaban J connectivity index is 0.00000136. The lowest BCUT2D eigenvalue weighted by atomic mass is 9.96. The molecular formula is C25H36N2O. The molecule has 2 aromatic rings. The fraction of sp³-hybridized carbons (Fsp3) is 0.440. The first-order valence-electron chi connectivity index (χ1n) is 10.5. The van der Waals surface area contributed by atoms with Crippen LogP contribution in [0.1, 0.15) is 59.9 Å². The van der Waals surface area contributed by atoms with E-state index in [1.54, 1.807) is 0 Å². The van der Waals surface area contributed by atoms with Gasteiger partial charge < -0.3 is 4.74 Å². The number of hydrogen-bond acceptors (Lipinski definition) is 3. The van der Waals surface area contributed by atoms with Crippen molar-refractivity contribution in [3.63, 3.8) is 0 Å². The molecule has 3 nitrogen and oxygen atoms in total. The molecule has 0 aliphatic carbocycles. The fourth-order valence-corrected chi connectivity index (χ4v) is 3.10. The van der Waals surface area contributed by atoms with E-state index in [1.807, 2.05) is 13.8 Å². The summed E-state index contributed by atoms with van der Waals surface area (Å²) in [5, 5.41) is 2.14. The number of anilines is 1. The van der Waals surface area contributed by atoms with Crippen LogP contribution in [0.15, 0.2) is 54.7 Å². The first-order chi connectivity index (χ1) is 13.4. The molecule has 3 heteroatoms. The van der Waals surface area contributed by atoms with Gasteiger partial charge in [-0.3, -0.25) is 5.01 Å². The van der Waals surface area contributed by atoms with Gasteiger partial charge in [-0.2, -0.15) is 0 Å². The van der Waals surface area contributed by atoms with E-state index in [-0.39, 0.29) is 0 Å². The number of nitrogens with zero attached hydrogens (tertiary/aromatic N) is 1. The molecule has 0 bridgehead atoms. The highest BCUT2D eigenvalue weighted by molar-refractivity contribution is 5.72. The molecule has 0 amide bonds. The van der Waals surface area contributed by atoms with E-state index in [0.717, 1.165) is 12.4 Å². The van der Waals surface area contributed by atoms with Crippen molar-refractivity contribution < 1.29 is 4.74 Å². The van der Waals surface area contributed by atoms with E-state index in [1.165, 1.54) is 22.4 Å². The Labute approximate surface area is 171 Å². The second-order valence-electron chi connectivity index (χ2n) is 7.79. The summed E-state index contributed by atoms with van der Waals surface area (Å²) in [5.74, 6) is 1.93. The van der Waals surface area contributed by atoms with Gasteiger partial charge in [-0.05, 0) is 59.7 Å². The van der Waals surface area contributed by atoms with Crippen LogP contribution in [0.3, 0.4) is 0 Å². The maximum atomic E-state index is 5.80. The molecule has 0 saturated carbocycles. The van der Waals surface area contributed by atoms with E-state index in [4.69, 9.17) is 4.74 Å². The Morgan fingerprint density at radius 1 is 0.964 bits per heavy atom. The summed E-state index contributed by atoms with van der Waals surface area (Å²) in [6.45, 7) is 15.7. The Kier molecular flexibility index (Phi) is 8.13. The van der Waals surface area contributed by atoms with Gasteiger partial charge in [0.1, 0.15) is 5.75 Å². The molecule has 1 heterocycles. The van der Waals surface area contributed by atoms with Crippen molar-refractivity contribution in [1.82, 2.24) is 5.43 Å². The van der Waals surface area contributed by atoms with Crippen LogP contribution in [0.5, 0.6) is 5.75 Å². The largest absolute Gasteiger partial charge is 0.493 e. The number of nitrogens with one attached hydrogen (secondary N) is 1. The molecule has 1 aliphatic heterocycles. The zero-order valence-electron chi connectivity index (χ0n) is 18.5. The minimum atomic E-state index is 0.357. The molecule has 28 heavy (non-hydrogen) atoms. The number of rotatable bonds is 6. The third-order valence-electron chi connectivity index (χ3n) is 4.55. The smallest absolute Gasteiger partial charge is 0.119 e. The lowest BCUT2D eigenvalue weighted by Gasteiger charge is -2.24. The maximum Gasteiger partial charge on any atom is 0.119 e. The Hall–Kier alpha value is -2.26. The summed E-state index contributed by atoms with van der Waals surface area (Å²) >= 11 is 0. The second-order valence-corrected chi connectivity index (χ2v) is 7.79. The van der Waals surface area contributed by atoms with Crippen LogP contribution in [-0.2, 0) is 0 Å². The van der Waals surface area contributed by atoms with E-state index >= 15 is 0 Å². The SMILES string of the molecule is CC.CC(C)COc1ccc(-c2ccc(C(C)C)c(N3C=CC(C)N3)c2)cc1. The first-order valence-corrected chi connectivity index (χ1v) is 10.5. The van der Waals surface area contributed by atoms with Gasteiger partial charge in [0.2, 0.25) is 0 Å². The van der Waals surface area contributed by atoms with Crippen molar-refractivity contribution in [1.29, 1.82) is 0 Å². The van der Waals surface area contributed by atoms with E-state index in [0.29, 0.717) is 17.9 Å². The van der Waals surface area contributed by atoms with Gasteiger partial charge in [0.25, 0.3) is 0 Å². The van der Waals surface area contributed by atoms with Crippen molar-refractivity contribution in [2.45, 2.75) is 60.4 Å². The van der Waals surface area contributed by atoms with E-state index in [2.05, 4.69) is 99.8 Å². The van der Waals surface area contributed by atoms with Crippen molar-refractivity contribution in [2.75, 3.05) is 11.6 Å². The molecule has 0 spiro atoms. The Morgan fingerprint density at radius 2 is 1.61 bits per heavy atom. The Morgan fingerprint density at radius 3 is 2.14 bits per heavy atom. The lowest BCUT2D eigenvalue weighted by Crippen LogP contribution is -2.34. The highest BCUT2D eigenvalue weighted by atomic mass is 16.5. The molecule has 1 unspecified atom stereocenters. The molecule has 0 fully saturated rings. The monoisotopic (exact) mass is 380 g/mol. The highest BCUT2D eigenvalue weighted by Gasteiger charge is 2.18. The third kappa shape index (κ3) is 5.62. The van der Waals surface area contributed by atoms with Gasteiger partial charge in [-0.1, -0.05) is 65.8 Å². The zero-order valence-corrected chi connectivity index (χ0v) is 18.5. The van der Waals surface area contributed by atoms with Crippen LogP contribution >= 0.6 is 0 Å². The van der Waals surface area contributed by atoms with Gasteiger partial charge in [0.15, 0.2) is 0 Å². The number of benzene rings is 2. The van der Waals surface area contributed by atoms with Gasteiger partial charge in [0, 0.05) is 12.2 Å². The Bertz CT molecular complexity index is 763. The molecule has 3 rings (SSSR count). The molecular weight excluding hydrogens is 344 g/mol. The molecule has 152 valence electrons. The number of hydrazine groups is 1. The molecule has 0 aromatic heterocycles. The van der Waals surface area contributed by atoms with Crippen LogP contribution in [0.25, 0.3) is 11.1 Å². The van der Waals surface area contributed by atoms with Crippen LogP contribution in [0.4, 0.5) is 5.69 Å². The average molecular weight is 381 g/mol. The second kappa shape index (κ2) is 10.3. The topological polar surface area (TPSA) is 24.5 Å². The minimum absolute atomic E-state index is 0.357. The summed E-state index contributed by atoms with van der Waals surface area (Å²) < 4.78 is 5.80. The first kappa shape index (κ1) is 22.0. The number of ether oxygens (including phenoxy) is 1. The normalized spacial score (nSPS) is 15.8. The van der Waals surface area contributed by atoms with Crippen molar-refractivity contribution in [3.8, 4) is 16.9 Å². The number of hydrogen-bond donors (Lipinski definition) is 1. The average Bonchev–Trinajstić information content (AvgIpc) is 3.14. The fourth-order valence-electron chi connectivity index (χ4n) is 3.10. The van der Waals surface area contributed by atoms with Gasteiger partial charge in [-0.25, -0.2) is 5.43 Å². The zero-order chi connectivity index (χ0) is 20.7. The third-order valence-corrected chi connectivity index (χ3v) is 4.55. The summed E-state index contributed by atoms with van der Waals surface area (Å²) in [6.07, 6.45) is 4.30.